The molecule has 0 aromatic carbocycles. The average molecular weight is 461 g/mol. The molecule has 2 aliphatic rings. The topological polar surface area (TPSA) is 113 Å². The Bertz CT molecular complexity index is 762. The van der Waals surface area contributed by atoms with Gasteiger partial charge in [0, 0.05) is 31.5 Å². The Morgan fingerprint density at radius 1 is 1.03 bits per heavy atom. The second kappa shape index (κ2) is 10.7. The molecule has 0 aromatic heterocycles. The summed E-state index contributed by atoms with van der Waals surface area (Å²) in [5, 5.41) is 2.57. The van der Waals surface area contributed by atoms with Crippen molar-refractivity contribution in [3.63, 3.8) is 0 Å². The summed E-state index contributed by atoms with van der Waals surface area (Å²) < 4.78 is 40.7. The zero-order valence-corrected chi connectivity index (χ0v) is 17.8. The number of hydroxylamine groups is 2. The number of nitrogens with one attached hydrogen (secondary N) is 1. The largest absolute Gasteiger partial charge is 0.403 e. The van der Waals surface area contributed by atoms with E-state index in [0.717, 1.165) is 17.1 Å². The zero-order valence-electron chi connectivity index (χ0n) is 17.8. The Balaban J connectivity index is 1.90. The monoisotopic (exact) mass is 461 g/mol. The van der Waals surface area contributed by atoms with Crippen LogP contribution in [0.15, 0.2) is 12.2 Å². The fourth-order valence-electron chi connectivity index (χ4n) is 3.34. The van der Waals surface area contributed by atoms with Crippen LogP contribution < -0.4 is 5.32 Å². The number of unbranched alkanes of at least 4 members (excludes halogenated alkanes) is 2. The Kier molecular flexibility index (Phi) is 8.53. The third-order valence-electron chi connectivity index (χ3n) is 5.16. The lowest BCUT2D eigenvalue weighted by molar-refractivity contribution is -0.202. The Labute approximate surface area is 182 Å². The average Bonchev–Trinajstić information content (AvgIpc) is 3.18. The lowest BCUT2D eigenvalue weighted by atomic mass is 10.0. The number of nitrogens with zero attached hydrogens (tertiary/aromatic N) is 2. The molecule has 2 unspecified atom stereocenters. The van der Waals surface area contributed by atoms with Gasteiger partial charge in [-0.25, -0.2) is 4.79 Å². The van der Waals surface area contributed by atoms with E-state index in [2.05, 4.69) is 5.32 Å². The van der Waals surface area contributed by atoms with E-state index in [0.29, 0.717) is 17.9 Å². The lowest BCUT2D eigenvalue weighted by Gasteiger charge is -2.29. The molecule has 0 saturated carbocycles. The molecule has 9 nitrogen and oxygen atoms in total. The van der Waals surface area contributed by atoms with Crippen molar-refractivity contribution in [2.45, 2.75) is 70.6 Å². The van der Waals surface area contributed by atoms with Gasteiger partial charge in [-0.2, -0.15) is 13.2 Å². The molecule has 178 valence electrons. The molecule has 0 bridgehead atoms. The van der Waals surface area contributed by atoms with Gasteiger partial charge in [0.05, 0.1) is 0 Å². The molecule has 2 rings (SSSR count). The van der Waals surface area contributed by atoms with E-state index in [1.807, 2.05) is 0 Å². The highest BCUT2D eigenvalue weighted by atomic mass is 19.4. The van der Waals surface area contributed by atoms with Crippen LogP contribution in [-0.4, -0.2) is 64.4 Å². The molecule has 0 aliphatic carbocycles. The van der Waals surface area contributed by atoms with Gasteiger partial charge in [0.1, 0.15) is 12.1 Å². The lowest BCUT2D eigenvalue weighted by Crippen LogP contribution is -2.54. The van der Waals surface area contributed by atoms with Crippen LogP contribution in [-0.2, 0) is 28.8 Å². The minimum absolute atomic E-state index is 0.119. The summed E-state index contributed by atoms with van der Waals surface area (Å²) in [5.41, 5.74) is 0. The van der Waals surface area contributed by atoms with Crippen molar-refractivity contribution in [3.05, 3.63) is 12.2 Å². The standard InChI is InChI=1S/C20H26F3N3O6/c1-12(2)18(19(31)32-26-16(29)9-10-17(26)30)24-13(20(21,22)23)6-4-3-5-11-25-14(27)7-8-15(25)28/h7-8,12-13,18,24H,3-6,9-11H2,1-2H3. The van der Waals surface area contributed by atoms with E-state index < -0.39 is 53.8 Å². The molecule has 2 heterocycles. The van der Waals surface area contributed by atoms with Crippen LogP contribution in [0.5, 0.6) is 0 Å². The van der Waals surface area contributed by atoms with Gasteiger partial charge in [-0.3, -0.25) is 29.4 Å². The molecular weight excluding hydrogens is 435 g/mol. The van der Waals surface area contributed by atoms with Crippen LogP contribution in [0.1, 0.15) is 52.4 Å². The van der Waals surface area contributed by atoms with Crippen molar-refractivity contribution < 1.29 is 42.0 Å². The molecule has 0 aromatic rings. The van der Waals surface area contributed by atoms with Gasteiger partial charge in [-0.1, -0.05) is 26.7 Å². The minimum Gasteiger partial charge on any atom is -0.329 e. The molecule has 1 fully saturated rings. The van der Waals surface area contributed by atoms with Crippen LogP contribution in [0.2, 0.25) is 0 Å². The molecular formula is C20H26F3N3O6. The Morgan fingerprint density at radius 2 is 1.59 bits per heavy atom. The predicted octanol–water partition coefficient (Wildman–Crippen LogP) is 1.62. The fourth-order valence-corrected chi connectivity index (χ4v) is 3.34. The first-order chi connectivity index (χ1) is 14.9. The van der Waals surface area contributed by atoms with E-state index in [1.54, 1.807) is 0 Å². The van der Waals surface area contributed by atoms with Gasteiger partial charge in [0.2, 0.25) is 0 Å². The quantitative estimate of drug-likeness (QED) is 0.368. The molecule has 4 amide bonds. The minimum atomic E-state index is -4.66. The van der Waals surface area contributed by atoms with Crippen LogP contribution in [0.3, 0.4) is 0 Å². The summed E-state index contributed by atoms with van der Waals surface area (Å²) in [6, 6.07) is -3.42. The second-order valence-electron chi connectivity index (χ2n) is 7.99. The maximum atomic E-state index is 13.6. The van der Waals surface area contributed by atoms with Crippen molar-refractivity contribution in [1.82, 2.24) is 15.3 Å². The van der Waals surface area contributed by atoms with Gasteiger partial charge < -0.3 is 4.84 Å². The number of rotatable bonds is 11. The van der Waals surface area contributed by atoms with Crippen LogP contribution in [0, 0.1) is 5.92 Å². The zero-order chi connectivity index (χ0) is 24.1. The van der Waals surface area contributed by atoms with E-state index in [9.17, 15) is 37.1 Å². The molecule has 32 heavy (non-hydrogen) atoms. The number of amides is 4. The third-order valence-corrected chi connectivity index (χ3v) is 5.16. The SMILES string of the molecule is CC(C)C(NC(CCCCCN1C(=O)C=CC1=O)C(F)(F)F)C(=O)ON1C(=O)CCC1=O. The Hall–Kier alpha value is -2.76. The number of hydrogen-bond donors (Lipinski definition) is 1. The highest BCUT2D eigenvalue weighted by Crippen LogP contribution is 2.26. The molecule has 1 N–H and O–H groups in total. The highest BCUT2D eigenvalue weighted by Gasteiger charge is 2.43. The number of hydrogen-bond acceptors (Lipinski definition) is 7. The number of alkyl halides is 3. The van der Waals surface area contributed by atoms with Gasteiger partial charge in [0.15, 0.2) is 0 Å². The molecule has 0 spiro atoms. The van der Waals surface area contributed by atoms with Crippen molar-refractivity contribution in [3.8, 4) is 0 Å². The summed E-state index contributed by atoms with van der Waals surface area (Å²) in [4.78, 5) is 64.4. The number of halogens is 3. The van der Waals surface area contributed by atoms with E-state index in [1.165, 1.54) is 13.8 Å². The molecule has 1 saturated heterocycles. The van der Waals surface area contributed by atoms with E-state index in [4.69, 9.17) is 4.84 Å². The highest BCUT2D eigenvalue weighted by molar-refractivity contribution is 6.12. The number of carbonyl (C=O) groups excluding carboxylic acids is 5. The van der Waals surface area contributed by atoms with Crippen molar-refractivity contribution in [2.24, 2.45) is 5.92 Å². The van der Waals surface area contributed by atoms with E-state index in [-0.39, 0.29) is 32.2 Å². The molecule has 2 aliphatic heterocycles. The van der Waals surface area contributed by atoms with Crippen LogP contribution in [0.4, 0.5) is 13.2 Å². The van der Waals surface area contributed by atoms with Gasteiger partial charge in [0.25, 0.3) is 23.6 Å². The number of imide groups is 2. The maximum absolute atomic E-state index is 13.6. The predicted molar refractivity (Wildman–Crippen MR) is 103 cm³/mol. The van der Waals surface area contributed by atoms with Crippen molar-refractivity contribution in [1.29, 1.82) is 0 Å². The summed E-state index contributed by atoms with van der Waals surface area (Å²) in [7, 11) is 0. The molecule has 12 heteroatoms. The molecule has 2 atom stereocenters. The smallest absolute Gasteiger partial charge is 0.329 e. The van der Waals surface area contributed by atoms with Gasteiger partial charge >= 0.3 is 12.1 Å². The van der Waals surface area contributed by atoms with Crippen molar-refractivity contribution in [2.75, 3.05) is 6.54 Å². The van der Waals surface area contributed by atoms with Crippen molar-refractivity contribution >= 4 is 29.6 Å². The first-order valence-corrected chi connectivity index (χ1v) is 10.4. The van der Waals surface area contributed by atoms with E-state index >= 15 is 0 Å². The normalized spacial score (nSPS) is 18.8. The summed E-state index contributed by atoms with van der Waals surface area (Å²) in [6.45, 7) is 3.14. The number of carbonyl (C=O) groups is 5. The first kappa shape index (κ1) is 25.5. The summed E-state index contributed by atoms with van der Waals surface area (Å²) >= 11 is 0. The second-order valence-corrected chi connectivity index (χ2v) is 7.99. The Morgan fingerprint density at radius 3 is 2.09 bits per heavy atom. The fraction of sp³-hybridized carbons (Fsp3) is 0.650. The van der Waals surface area contributed by atoms with Gasteiger partial charge in [-0.05, 0) is 18.8 Å². The van der Waals surface area contributed by atoms with Crippen LogP contribution in [0.25, 0.3) is 0 Å². The van der Waals surface area contributed by atoms with Crippen LogP contribution >= 0.6 is 0 Å². The summed E-state index contributed by atoms with van der Waals surface area (Å²) in [6.07, 6.45) is -2.16. The summed E-state index contributed by atoms with van der Waals surface area (Å²) in [5.74, 6) is -4.08. The molecule has 0 radical (unpaired) electrons. The van der Waals surface area contributed by atoms with Gasteiger partial charge in [-0.15, -0.1) is 5.06 Å². The third kappa shape index (κ3) is 6.62. The first-order valence-electron chi connectivity index (χ1n) is 10.4. The maximum Gasteiger partial charge on any atom is 0.403 e.